The fourth-order valence-corrected chi connectivity index (χ4v) is 16.0. The van der Waals surface area contributed by atoms with Crippen LogP contribution in [0.5, 0.6) is 0 Å². The lowest BCUT2D eigenvalue weighted by atomic mass is 9.61. The van der Waals surface area contributed by atoms with Crippen LogP contribution in [0.25, 0.3) is 55.3 Å². The van der Waals surface area contributed by atoms with Gasteiger partial charge in [-0.3, -0.25) is 0 Å². The first-order chi connectivity index (χ1) is 34.0. The van der Waals surface area contributed by atoms with Crippen LogP contribution in [0.1, 0.15) is 106 Å². The Kier molecular flexibility index (Phi) is 7.95. The first kappa shape index (κ1) is 40.8. The molecule has 1 aromatic heterocycles. The molecule has 0 bridgehead atoms. The quantitative estimate of drug-likeness (QED) is 0.175. The van der Waals surface area contributed by atoms with Crippen LogP contribution >= 0.6 is 0 Å². The van der Waals surface area contributed by atoms with Crippen molar-refractivity contribution < 1.29 is 4.42 Å². The molecule has 0 radical (unpaired) electrons. The van der Waals surface area contributed by atoms with Gasteiger partial charge in [0.25, 0.3) is 0 Å². The van der Waals surface area contributed by atoms with E-state index in [0.29, 0.717) is 0 Å². The second-order valence-electron chi connectivity index (χ2n) is 22.8. The van der Waals surface area contributed by atoms with Gasteiger partial charge in [0.05, 0.1) is 16.5 Å². The highest BCUT2D eigenvalue weighted by molar-refractivity contribution is 6.20. The number of hydrogen-bond donors (Lipinski definition) is 0. The van der Waals surface area contributed by atoms with E-state index in [4.69, 9.17) is 4.42 Å². The van der Waals surface area contributed by atoms with Crippen molar-refractivity contribution in [1.29, 1.82) is 0 Å². The molecular formula is C66H59N3O. The van der Waals surface area contributed by atoms with Crippen molar-refractivity contribution in [3.05, 3.63) is 197 Å². The third-order valence-electron chi connectivity index (χ3n) is 19.7. The molecule has 4 unspecified atom stereocenters. The smallest absolute Gasteiger partial charge is 0.143 e. The van der Waals surface area contributed by atoms with Crippen LogP contribution < -0.4 is 14.7 Å². The van der Waals surface area contributed by atoms with Gasteiger partial charge in [-0.15, -0.1) is 0 Å². The Morgan fingerprint density at radius 2 is 1.01 bits per heavy atom. The van der Waals surface area contributed by atoms with Gasteiger partial charge in [-0.1, -0.05) is 136 Å². The summed E-state index contributed by atoms with van der Waals surface area (Å²) >= 11 is 0. The maximum atomic E-state index is 7.30. The van der Waals surface area contributed by atoms with Gasteiger partial charge in [-0.25, -0.2) is 0 Å². The molecule has 0 saturated heterocycles. The number of benzene rings is 8. The zero-order valence-electron chi connectivity index (χ0n) is 41.3. The predicted molar refractivity (Wildman–Crippen MR) is 291 cm³/mol. The molecule has 8 aromatic carbocycles. The minimum atomic E-state index is -0.569. The van der Waals surface area contributed by atoms with E-state index in [-0.39, 0.29) is 21.9 Å². The van der Waals surface area contributed by atoms with Crippen LogP contribution in [-0.4, -0.2) is 25.2 Å². The Balaban J connectivity index is 1.01. The summed E-state index contributed by atoms with van der Waals surface area (Å²) in [5.74, 6) is 0. The Hall–Kier alpha value is -7.04. The Morgan fingerprint density at radius 1 is 0.457 bits per heavy atom. The lowest BCUT2D eigenvalue weighted by Crippen LogP contribution is -2.54. The van der Waals surface area contributed by atoms with Crippen molar-refractivity contribution >= 4 is 50.4 Å². The molecule has 2 aliphatic heterocycles. The van der Waals surface area contributed by atoms with Crippen LogP contribution in [0.4, 0.5) is 28.4 Å². The van der Waals surface area contributed by atoms with Gasteiger partial charge < -0.3 is 19.1 Å². The zero-order chi connectivity index (χ0) is 47.1. The number of hydrogen-bond acceptors (Lipinski definition) is 4. The lowest BCUT2D eigenvalue weighted by Gasteiger charge is -2.50. The molecule has 4 atom stereocenters. The van der Waals surface area contributed by atoms with Crippen molar-refractivity contribution in [3.8, 4) is 33.4 Å². The number of nitrogens with zero attached hydrogens (tertiary/aromatic N) is 3. The monoisotopic (exact) mass is 909 g/mol. The van der Waals surface area contributed by atoms with Crippen molar-refractivity contribution in [2.24, 2.45) is 0 Å². The summed E-state index contributed by atoms with van der Waals surface area (Å²) in [7, 11) is 4.23. The third-order valence-corrected chi connectivity index (χ3v) is 19.7. The Labute approximate surface area is 412 Å². The highest BCUT2D eigenvalue weighted by Crippen LogP contribution is 2.68. The van der Waals surface area contributed by atoms with E-state index in [2.05, 4.69) is 220 Å². The van der Waals surface area contributed by atoms with Crippen molar-refractivity contribution in [2.45, 2.75) is 100.0 Å². The number of fused-ring (bicyclic) bond motifs is 20. The van der Waals surface area contributed by atoms with E-state index in [9.17, 15) is 0 Å². The number of para-hydroxylation sites is 2. The van der Waals surface area contributed by atoms with Crippen LogP contribution in [-0.2, 0) is 16.2 Å². The Morgan fingerprint density at radius 3 is 1.67 bits per heavy atom. The molecule has 9 aromatic rings. The number of anilines is 5. The summed E-state index contributed by atoms with van der Waals surface area (Å²) in [5, 5.41) is 2.36. The topological polar surface area (TPSA) is 22.9 Å². The molecule has 4 nitrogen and oxygen atoms in total. The van der Waals surface area contributed by atoms with Crippen molar-refractivity contribution in [2.75, 3.05) is 28.8 Å². The minimum absolute atomic E-state index is 0.00631. The fourth-order valence-electron chi connectivity index (χ4n) is 16.0. The highest BCUT2D eigenvalue weighted by atomic mass is 16.3. The van der Waals surface area contributed by atoms with Gasteiger partial charge in [0.15, 0.2) is 0 Å². The SMILES string of the molecule is CN(C)c1ccc2c(c1)oc1c(-c3ccc(N4c5ccccc5C5(C)CCCC45C)cc3)cc3c(c12)-c1ccc(N2c4ccccc4C4(C)CCCCC24C)cc1C31c2ccccc2-c2ccccc21. The average molecular weight is 910 g/mol. The second-order valence-corrected chi connectivity index (χ2v) is 22.8. The van der Waals surface area contributed by atoms with Crippen LogP contribution in [0.15, 0.2) is 168 Å². The van der Waals surface area contributed by atoms with E-state index in [1.165, 1.54) is 128 Å². The molecule has 0 amide bonds. The largest absolute Gasteiger partial charge is 0.455 e. The van der Waals surface area contributed by atoms with Gasteiger partial charge in [-0.05, 0) is 155 Å². The third kappa shape index (κ3) is 4.70. The standard InChI is InChI=1S/C66H59N3O/c1-62-34-15-16-36-64(62,3)69(57-25-14-12-23-53(57)62)44-31-32-47-54(38-44)66(50-20-9-7-18-45(50)46-19-8-10-21-51(46)66)55-40-49(61-60(59(47)55)48-33-30-43(67(5)6)39-58(48)70-61)41-26-28-42(29-27-41)68-56-24-13-11-22-52(56)63(2)35-17-37-65(63,68)4/h7-14,18-33,38-40H,15-17,34-37H2,1-6H3. The second kappa shape index (κ2) is 13.6. The lowest BCUT2D eigenvalue weighted by molar-refractivity contribution is 0.195. The molecule has 3 heterocycles. The van der Waals surface area contributed by atoms with Crippen molar-refractivity contribution in [1.82, 2.24) is 0 Å². The number of rotatable bonds is 4. The van der Waals surface area contributed by atoms with Gasteiger partial charge in [0.2, 0.25) is 0 Å². The van der Waals surface area contributed by atoms with Gasteiger partial charge >= 0.3 is 0 Å². The zero-order valence-corrected chi connectivity index (χ0v) is 41.3. The summed E-state index contributed by atoms with van der Waals surface area (Å²) in [6.07, 6.45) is 8.51. The highest BCUT2D eigenvalue weighted by Gasteiger charge is 2.60. The van der Waals surface area contributed by atoms with Crippen LogP contribution in [0.3, 0.4) is 0 Å². The predicted octanol–water partition coefficient (Wildman–Crippen LogP) is 16.8. The molecule has 4 aliphatic carbocycles. The summed E-state index contributed by atoms with van der Waals surface area (Å²) < 4.78 is 7.30. The summed E-state index contributed by atoms with van der Waals surface area (Å²) in [6.45, 7) is 10.1. The molecule has 344 valence electrons. The number of furan rings is 1. The van der Waals surface area contributed by atoms with Gasteiger partial charge in [-0.2, -0.15) is 0 Å². The maximum Gasteiger partial charge on any atom is 0.143 e. The molecule has 1 spiro atoms. The van der Waals surface area contributed by atoms with E-state index >= 15 is 0 Å². The molecule has 2 saturated carbocycles. The molecule has 0 N–H and O–H groups in total. The minimum Gasteiger partial charge on any atom is -0.455 e. The van der Waals surface area contributed by atoms with Gasteiger partial charge in [0, 0.05) is 75.8 Å². The summed E-state index contributed by atoms with van der Waals surface area (Å²) in [6, 6.07) is 63.5. The molecule has 6 aliphatic rings. The van der Waals surface area contributed by atoms with Crippen LogP contribution in [0.2, 0.25) is 0 Å². The normalized spacial score (nSPS) is 24.9. The van der Waals surface area contributed by atoms with Gasteiger partial charge in [0.1, 0.15) is 11.2 Å². The molecule has 15 rings (SSSR count). The fraction of sp³-hybridized carbons (Fsp3) is 0.273. The Bertz CT molecular complexity index is 3680. The average Bonchev–Trinajstić information content (AvgIpc) is 4.16. The van der Waals surface area contributed by atoms with E-state index in [1.54, 1.807) is 0 Å². The first-order valence-electron chi connectivity index (χ1n) is 26.0. The van der Waals surface area contributed by atoms with Crippen LogP contribution in [0, 0.1) is 0 Å². The summed E-state index contributed by atoms with van der Waals surface area (Å²) in [5.41, 5.74) is 23.7. The van der Waals surface area contributed by atoms with Crippen molar-refractivity contribution in [3.63, 3.8) is 0 Å². The maximum absolute atomic E-state index is 7.30. The molecule has 4 heteroatoms. The molecular weight excluding hydrogens is 851 g/mol. The van der Waals surface area contributed by atoms with E-state index in [0.717, 1.165) is 34.2 Å². The first-order valence-corrected chi connectivity index (χ1v) is 26.0. The summed E-state index contributed by atoms with van der Waals surface area (Å²) in [4.78, 5) is 7.61. The van der Waals surface area contributed by atoms with E-state index < -0.39 is 5.41 Å². The molecule has 70 heavy (non-hydrogen) atoms. The van der Waals surface area contributed by atoms with E-state index in [1.807, 2.05) is 0 Å². The molecule has 2 fully saturated rings.